The molecule has 1 aromatic rings. The van der Waals surface area contributed by atoms with E-state index in [1.807, 2.05) is 48.6 Å². The molecule has 1 nitrogen and oxygen atoms in total. The predicted molar refractivity (Wildman–Crippen MR) is 57.8 cm³/mol. The lowest BCUT2D eigenvalue weighted by molar-refractivity contribution is -0.113. The van der Waals surface area contributed by atoms with E-state index in [9.17, 15) is 4.79 Å². The number of benzene rings is 1. The van der Waals surface area contributed by atoms with E-state index in [2.05, 4.69) is 0 Å². The van der Waals surface area contributed by atoms with Crippen LogP contribution in [-0.2, 0) is 4.79 Å². The Morgan fingerprint density at radius 1 is 1.07 bits per heavy atom. The Morgan fingerprint density at radius 2 is 1.86 bits per heavy atom. The Morgan fingerprint density at radius 3 is 2.64 bits per heavy atom. The summed E-state index contributed by atoms with van der Waals surface area (Å²) in [5.74, 6) is 0.237. The van der Waals surface area contributed by atoms with Crippen LogP contribution >= 0.6 is 0 Å². The molecule has 0 amide bonds. The van der Waals surface area contributed by atoms with Crippen LogP contribution in [0, 0.1) is 0 Å². The summed E-state index contributed by atoms with van der Waals surface area (Å²) in [7, 11) is 0. The van der Waals surface area contributed by atoms with E-state index < -0.39 is 0 Å². The van der Waals surface area contributed by atoms with Gasteiger partial charge >= 0.3 is 0 Å². The summed E-state index contributed by atoms with van der Waals surface area (Å²) in [5.41, 5.74) is 1.85. The van der Waals surface area contributed by atoms with E-state index >= 15 is 0 Å². The number of hydrogen-bond donors (Lipinski definition) is 0. The molecule has 0 atom stereocenters. The van der Waals surface area contributed by atoms with Gasteiger partial charge in [0.1, 0.15) is 0 Å². The Balaban J connectivity index is 2.37. The molecule has 1 heteroatoms. The highest BCUT2D eigenvalue weighted by Crippen LogP contribution is 2.19. The summed E-state index contributed by atoms with van der Waals surface area (Å²) in [6.45, 7) is 0. The van der Waals surface area contributed by atoms with Crippen molar-refractivity contribution in [1.29, 1.82) is 0 Å². The number of Topliss-reactive ketones (excluding diaryl/α,β-unsaturated/α-hetero) is 1. The van der Waals surface area contributed by atoms with Gasteiger partial charge in [0.25, 0.3) is 0 Å². The fourth-order valence-electron chi connectivity index (χ4n) is 1.58. The van der Waals surface area contributed by atoms with Crippen molar-refractivity contribution in [1.82, 2.24) is 0 Å². The summed E-state index contributed by atoms with van der Waals surface area (Å²) in [6, 6.07) is 9.82. The first-order chi connectivity index (χ1) is 6.88. The molecule has 0 heterocycles. The zero-order valence-corrected chi connectivity index (χ0v) is 7.94. The second-order valence-electron chi connectivity index (χ2n) is 3.34. The maximum Gasteiger partial charge on any atom is 0.163 e. The van der Waals surface area contributed by atoms with Crippen LogP contribution in [0.3, 0.4) is 0 Å². The summed E-state index contributed by atoms with van der Waals surface area (Å²) in [6.07, 6.45) is 7.38. The van der Waals surface area contributed by atoms with Gasteiger partial charge < -0.3 is 0 Å². The zero-order chi connectivity index (χ0) is 9.80. The number of rotatable bonds is 1. The summed E-state index contributed by atoms with van der Waals surface area (Å²) < 4.78 is 0. The maximum atomic E-state index is 11.7. The van der Waals surface area contributed by atoms with Crippen molar-refractivity contribution >= 4 is 11.4 Å². The third-order valence-corrected chi connectivity index (χ3v) is 2.32. The summed E-state index contributed by atoms with van der Waals surface area (Å²) in [4.78, 5) is 11.7. The van der Waals surface area contributed by atoms with E-state index in [0.717, 1.165) is 17.6 Å². The maximum absolute atomic E-state index is 11.7. The lowest BCUT2D eigenvalue weighted by Crippen LogP contribution is -1.99. The van der Waals surface area contributed by atoms with Gasteiger partial charge in [-0.05, 0) is 12.0 Å². The van der Waals surface area contributed by atoms with Crippen LogP contribution < -0.4 is 0 Å². The molecule has 2 rings (SSSR count). The Bertz CT molecular complexity index is 385. The van der Waals surface area contributed by atoms with E-state index in [0.29, 0.717) is 6.42 Å². The molecule has 0 aromatic heterocycles. The van der Waals surface area contributed by atoms with Gasteiger partial charge in [-0.15, -0.1) is 0 Å². The molecule has 0 fully saturated rings. The van der Waals surface area contributed by atoms with Crippen molar-refractivity contribution in [2.75, 3.05) is 0 Å². The van der Waals surface area contributed by atoms with Gasteiger partial charge in [-0.3, -0.25) is 4.79 Å². The van der Waals surface area contributed by atoms with Crippen LogP contribution in [0.1, 0.15) is 18.4 Å². The first-order valence-corrected chi connectivity index (χ1v) is 4.83. The van der Waals surface area contributed by atoms with Gasteiger partial charge in [0.15, 0.2) is 5.78 Å². The van der Waals surface area contributed by atoms with Crippen molar-refractivity contribution in [3.8, 4) is 0 Å². The fraction of sp³-hybridized carbons (Fsp3) is 0.154. The minimum atomic E-state index is 0.237. The molecule has 0 unspecified atom stereocenters. The van der Waals surface area contributed by atoms with Gasteiger partial charge in [0, 0.05) is 12.0 Å². The molecule has 1 aromatic carbocycles. The monoisotopic (exact) mass is 184 g/mol. The van der Waals surface area contributed by atoms with Crippen LogP contribution in [0.2, 0.25) is 0 Å². The number of ketones is 1. The molecule has 0 saturated heterocycles. The van der Waals surface area contributed by atoms with Gasteiger partial charge in [0.05, 0.1) is 0 Å². The predicted octanol–water partition coefficient (Wildman–Crippen LogP) is 2.99. The highest BCUT2D eigenvalue weighted by atomic mass is 16.1. The van der Waals surface area contributed by atoms with E-state index in [-0.39, 0.29) is 5.78 Å². The second-order valence-corrected chi connectivity index (χ2v) is 3.34. The van der Waals surface area contributed by atoms with Gasteiger partial charge in [0.2, 0.25) is 0 Å². The molecule has 0 aliphatic heterocycles. The van der Waals surface area contributed by atoms with Crippen molar-refractivity contribution in [2.24, 2.45) is 0 Å². The summed E-state index contributed by atoms with van der Waals surface area (Å²) >= 11 is 0. The van der Waals surface area contributed by atoms with Gasteiger partial charge in [-0.25, -0.2) is 0 Å². The van der Waals surface area contributed by atoms with E-state index in [1.165, 1.54) is 0 Å². The minimum Gasteiger partial charge on any atom is -0.294 e. The van der Waals surface area contributed by atoms with Crippen LogP contribution in [0.4, 0.5) is 0 Å². The van der Waals surface area contributed by atoms with Crippen LogP contribution in [0.15, 0.2) is 48.6 Å². The summed E-state index contributed by atoms with van der Waals surface area (Å²) in [5, 5.41) is 0. The lowest BCUT2D eigenvalue weighted by Gasteiger charge is -2.03. The van der Waals surface area contributed by atoms with E-state index in [1.54, 1.807) is 0 Å². The SMILES string of the molecule is O=C1CCC=CC=C1c1ccccc1. The third-order valence-electron chi connectivity index (χ3n) is 2.32. The van der Waals surface area contributed by atoms with Crippen molar-refractivity contribution in [3.05, 3.63) is 54.1 Å². The molecule has 0 saturated carbocycles. The Kier molecular flexibility index (Phi) is 2.59. The molecule has 70 valence electrons. The molecule has 0 spiro atoms. The largest absolute Gasteiger partial charge is 0.294 e. The molecule has 0 N–H and O–H groups in total. The first-order valence-electron chi connectivity index (χ1n) is 4.83. The molecule has 1 aliphatic carbocycles. The molecule has 0 bridgehead atoms. The van der Waals surface area contributed by atoms with Crippen molar-refractivity contribution < 1.29 is 4.79 Å². The normalized spacial score (nSPS) is 16.3. The van der Waals surface area contributed by atoms with Gasteiger partial charge in [-0.2, -0.15) is 0 Å². The fourth-order valence-corrected chi connectivity index (χ4v) is 1.58. The zero-order valence-electron chi connectivity index (χ0n) is 7.94. The van der Waals surface area contributed by atoms with Crippen molar-refractivity contribution in [2.45, 2.75) is 12.8 Å². The van der Waals surface area contributed by atoms with Crippen LogP contribution in [0.25, 0.3) is 5.57 Å². The smallest absolute Gasteiger partial charge is 0.163 e. The van der Waals surface area contributed by atoms with Crippen LogP contribution in [0.5, 0.6) is 0 Å². The first kappa shape index (κ1) is 8.95. The standard InChI is InChI=1S/C13H12O/c14-13-10-6-2-5-9-12(13)11-7-3-1-4-8-11/h1-5,7-9H,6,10H2. The Labute approximate surface area is 83.8 Å². The minimum absolute atomic E-state index is 0.237. The Hall–Kier alpha value is -1.63. The number of hydrogen-bond acceptors (Lipinski definition) is 1. The van der Waals surface area contributed by atoms with Crippen molar-refractivity contribution in [3.63, 3.8) is 0 Å². The average molecular weight is 184 g/mol. The number of carbonyl (C=O) groups excluding carboxylic acids is 1. The molecule has 0 radical (unpaired) electrons. The quantitative estimate of drug-likeness (QED) is 0.655. The third kappa shape index (κ3) is 1.82. The van der Waals surface area contributed by atoms with Crippen LogP contribution in [-0.4, -0.2) is 5.78 Å². The lowest BCUT2D eigenvalue weighted by atomic mass is 10.0. The molecular formula is C13H12O. The molecule has 14 heavy (non-hydrogen) atoms. The number of carbonyl (C=O) groups is 1. The average Bonchev–Trinajstić information content (AvgIpc) is 2.44. The van der Waals surface area contributed by atoms with Gasteiger partial charge in [-0.1, -0.05) is 48.6 Å². The molecule has 1 aliphatic rings. The highest BCUT2D eigenvalue weighted by Gasteiger charge is 2.11. The topological polar surface area (TPSA) is 17.1 Å². The highest BCUT2D eigenvalue weighted by molar-refractivity contribution is 6.21. The second kappa shape index (κ2) is 4.05. The number of allylic oxidation sites excluding steroid dienone is 4. The van der Waals surface area contributed by atoms with E-state index in [4.69, 9.17) is 0 Å². The molecular weight excluding hydrogens is 172 g/mol.